The summed E-state index contributed by atoms with van der Waals surface area (Å²) >= 11 is 0. The largest absolute Gasteiger partial charge is 0.359 e. The number of rotatable bonds is 4. The summed E-state index contributed by atoms with van der Waals surface area (Å²) in [5, 5.41) is 9.18. The first kappa shape index (κ1) is 19.6. The Labute approximate surface area is 163 Å². The molecule has 8 heteroatoms. The minimum atomic E-state index is -0.645. The molecule has 1 aliphatic rings. The van der Waals surface area contributed by atoms with E-state index in [2.05, 4.69) is 15.8 Å². The Bertz CT molecular complexity index is 896. The lowest BCUT2D eigenvalue weighted by Crippen LogP contribution is -2.41. The van der Waals surface area contributed by atoms with E-state index in [4.69, 9.17) is 4.52 Å². The van der Waals surface area contributed by atoms with Gasteiger partial charge in [-0.05, 0) is 30.7 Å². The maximum atomic E-state index is 12.8. The SMILES string of the molecule is CNC(=O)c1ccc(N2C(=O)CCC2C(=O)Nc2cc(C(C)(C)C)on2)cc1. The summed E-state index contributed by atoms with van der Waals surface area (Å²) in [5.41, 5.74) is 0.833. The van der Waals surface area contributed by atoms with Crippen LogP contribution in [0.5, 0.6) is 0 Å². The molecule has 0 bridgehead atoms. The van der Waals surface area contributed by atoms with Gasteiger partial charge in [-0.3, -0.25) is 19.3 Å². The Kier molecular flexibility index (Phi) is 5.22. The standard InChI is InChI=1S/C20H24N4O4/c1-20(2,3)15-11-16(23-28-15)22-19(27)14-9-10-17(25)24(14)13-7-5-12(6-8-13)18(26)21-4/h5-8,11,14H,9-10H2,1-4H3,(H,21,26)(H,22,23,27). The summed E-state index contributed by atoms with van der Waals surface area (Å²) in [5.74, 6) is 0.309. The van der Waals surface area contributed by atoms with Crippen LogP contribution in [0.25, 0.3) is 0 Å². The number of carbonyl (C=O) groups excluding carboxylic acids is 3. The Morgan fingerprint density at radius 2 is 1.89 bits per heavy atom. The lowest BCUT2D eigenvalue weighted by molar-refractivity contribution is -0.120. The maximum absolute atomic E-state index is 12.8. The van der Waals surface area contributed by atoms with Gasteiger partial charge in [-0.1, -0.05) is 25.9 Å². The van der Waals surface area contributed by atoms with Crippen molar-refractivity contribution < 1.29 is 18.9 Å². The van der Waals surface area contributed by atoms with Gasteiger partial charge in [0.25, 0.3) is 5.91 Å². The number of nitrogens with zero attached hydrogens (tertiary/aromatic N) is 2. The summed E-state index contributed by atoms with van der Waals surface area (Å²) in [4.78, 5) is 38.3. The van der Waals surface area contributed by atoms with Crippen LogP contribution in [0.2, 0.25) is 0 Å². The van der Waals surface area contributed by atoms with E-state index >= 15 is 0 Å². The van der Waals surface area contributed by atoms with Gasteiger partial charge in [0, 0.05) is 36.2 Å². The van der Waals surface area contributed by atoms with Crippen molar-refractivity contribution in [2.75, 3.05) is 17.3 Å². The van der Waals surface area contributed by atoms with Crippen LogP contribution in [-0.4, -0.2) is 36.0 Å². The molecular weight excluding hydrogens is 360 g/mol. The molecule has 1 aliphatic heterocycles. The zero-order valence-electron chi connectivity index (χ0n) is 16.4. The van der Waals surface area contributed by atoms with E-state index in [1.165, 1.54) is 4.90 Å². The molecule has 0 radical (unpaired) electrons. The summed E-state index contributed by atoms with van der Waals surface area (Å²) in [6.07, 6.45) is 0.688. The van der Waals surface area contributed by atoms with Crippen molar-refractivity contribution in [2.45, 2.75) is 45.1 Å². The van der Waals surface area contributed by atoms with Crippen LogP contribution in [0.4, 0.5) is 11.5 Å². The van der Waals surface area contributed by atoms with E-state index in [0.29, 0.717) is 29.2 Å². The van der Waals surface area contributed by atoms with Gasteiger partial charge in [-0.15, -0.1) is 0 Å². The van der Waals surface area contributed by atoms with E-state index in [1.807, 2.05) is 20.8 Å². The fourth-order valence-corrected chi connectivity index (χ4v) is 3.07. The van der Waals surface area contributed by atoms with Gasteiger partial charge in [0.1, 0.15) is 11.8 Å². The van der Waals surface area contributed by atoms with Crippen LogP contribution in [-0.2, 0) is 15.0 Å². The van der Waals surface area contributed by atoms with E-state index in [-0.39, 0.29) is 29.6 Å². The highest BCUT2D eigenvalue weighted by Gasteiger charge is 2.37. The van der Waals surface area contributed by atoms with Crippen molar-refractivity contribution in [1.82, 2.24) is 10.5 Å². The Morgan fingerprint density at radius 3 is 2.46 bits per heavy atom. The predicted molar refractivity (Wildman–Crippen MR) is 104 cm³/mol. The Balaban J connectivity index is 1.77. The molecule has 1 saturated heterocycles. The molecule has 148 valence electrons. The summed E-state index contributed by atoms with van der Waals surface area (Å²) in [7, 11) is 1.55. The number of anilines is 2. The molecule has 1 unspecified atom stereocenters. The van der Waals surface area contributed by atoms with Gasteiger partial charge < -0.3 is 15.2 Å². The highest BCUT2D eigenvalue weighted by Crippen LogP contribution is 2.29. The van der Waals surface area contributed by atoms with Gasteiger partial charge in [0.15, 0.2) is 5.82 Å². The number of aromatic nitrogens is 1. The molecule has 2 aromatic rings. The molecule has 2 N–H and O–H groups in total. The molecule has 3 amide bonds. The molecule has 1 atom stereocenters. The zero-order chi connectivity index (χ0) is 20.5. The molecule has 2 heterocycles. The van der Waals surface area contributed by atoms with Crippen molar-refractivity contribution in [3.8, 4) is 0 Å². The van der Waals surface area contributed by atoms with Gasteiger partial charge >= 0.3 is 0 Å². The lowest BCUT2D eigenvalue weighted by atomic mass is 9.93. The van der Waals surface area contributed by atoms with Gasteiger partial charge in [0.2, 0.25) is 11.8 Å². The van der Waals surface area contributed by atoms with Crippen LogP contribution in [0.15, 0.2) is 34.9 Å². The average Bonchev–Trinajstić information content (AvgIpc) is 3.27. The molecule has 28 heavy (non-hydrogen) atoms. The minimum Gasteiger partial charge on any atom is -0.359 e. The maximum Gasteiger partial charge on any atom is 0.251 e. The molecule has 0 spiro atoms. The first-order chi connectivity index (χ1) is 13.2. The number of carbonyl (C=O) groups is 3. The monoisotopic (exact) mass is 384 g/mol. The van der Waals surface area contributed by atoms with Gasteiger partial charge in [0.05, 0.1) is 0 Å². The highest BCUT2D eigenvalue weighted by atomic mass is 16.5. The first-order valence-electron chi connectivity index (χ1n) is 9.13. The van der Waals surface area contributed by atoms with E-state index in [0.717, 1.165) is 0 Å². The van der Waals surface area contributed by atoms with E-state index in [9.17, 15) is 14.4 Å². The van der Waals surface area contributed by atoms with Crippen LogP contribution in [0, 0.1) is 0 Å². The van der Waals surface area contributed by atoms with Crippen molar-refractivity contribution in [3.05, 3.63) is 41.7 Å². The molecule has 0 saturated carbocycles. The fourth-order valence-electron chi connectivity index (χ4n) is 3.07. The average molecular weight is 384 g/mol. The number of hydrogen-bond donors (Lipinski definition) is 2. The third-order valence-corrected chi connectivity index (χ3v) is 4.65. The second-order valence-electron chi connectivity index (χ2n) is 7.76. The van der Waals surface area contributed by atoms with E-state index in [1.54, 1.807) is 37.4 Å². The topological polar surface area (TPSA) is 105 Å². The van der Waals surface area contributed by atoms with Crippen LogP contribution >= 0.6 is 0 Å². The number of nitrogens with one attached hydrogen (secondary N) is 2. The van der Waals surface area contributed by atoms with Gasteiger partial charge in [-0.2, -0.15) is 0 Å². The van der Waals surface area contributed by atoms with Crippen molar-refractivity contribution in [2.24, 2.45) is 0 Å². The predicted octanol–water partition coefficient (Wildman–Crippen LogP) is 2.47. The van der Waals surface area contributed by atoms with E-state index < -0.39 is 6.04 Å². The number of amides is 3. The minimum absolute atomic E-state index is 0.136. The van der Waals surface area contributed by atoms with Crippen molar-refractivity contribution in [1.29, 1.82) is 0 Å². The zero-order valence-corrected chi connectivity index (χ0v) is 16.4. The first-order valence-corrected chi connectivity index (χ1v) is 9.13. The summed E-state index contributed by atoms with van der Waals surface area (Å²) < 4.78 is 5.29. The second kappa shape index (κ2) is 7.46. The number of benzene rings is 1. The van der Waals surface area contributed by atoms with Crippen molar-refractivity contribution >= 4 is 29.2 Å². The summed E-state index contributed by atoms with van der Waals surface area (Å²) in [6, 6.07) is 7.64. The normalized spacial score (nSPS) is 16.9. The van der Waals surface area contributed by atoms with Crippen LogP contribution in [0.3, 0.4) is 0 Å². The van der Waals surface area contributed by atoms with Crippen LogP contribution < -0.4 is 15.5 Å². The Morgan fingerprint density at radius 1 is 1.21 bits per heavy atom. The molecule has 3 rings (SSSR count). The third-order valence-electron chi connectivity index (χ3n) is 4.65. The smallest absolute Gasteiger partial charge is 0.251 e. The highest BCUT2D eigenvalue weighted by molar-refractivity contribution is 6.07. The molecule has 0 aliphatic carbocycles. The molecule has 1 fully saturated rings. The Hall–Kier alpha value is -3.16. The molecule has 1 aromatic heterocycles. The quantitative estimate of drug-likeness (QED) is 0.843. The molecule has 8 nitrogen and oxygen atoms in total. The van der Waals surface area contributed by atoms with Crippen molar-refractivity contribution in [3.63, 3.8) is 0 Å². The third kappa shape index (κ3) is 3.90. The second-order valence-corrected chi connectivity index (χ2v) is 7.76. The number of hydrogen-bond acceptors (Lipinski definition) is 5. The lowest BCUT2D eigenvalue weighted by Gasteiger charge is -2.24. The molecular formula is C20H24N4O4. The molecule has 1 aromatic carbocycles. The summed E-state index contributed by atoms with van der Waals surface area (Å²) in [6.45, 7) is 5.96. The van der Waals surface area contributed by atoms with Crippen LogP contribution in [0.1, 0.15) is 49.7 Å². The fraction of sp³-hybridized carbons (Fsp3) is 0.400. The van der Waals surface area contributed by atoms with Gasteiger partial charge in [-0.25, -0.2) is 0 Å².